The van der Waals surface area contributed by atoms with E-state index in [1.807, 2.05) is 35.7 Å². The fourth-order valence-corrected chi connectivity index (χ4v) is 3.79. The third-order valence-corrected chi connectivity index (χ3v) is 5.45. The van der Waals surface area contributed by atoms with Gasteiger partial charge in [0.2, 0.25) is 10.5 Å². The lowest BCUT2D eigenvalue weighted by atomic mass is 10.1. The molecule has 28 heavy (non-hydrogen) atoms. The topological polar surface area (TPSA) is 47.5 Å². The van der Waals surface area contributed by atoms with Crippen molar-refractivity contribution in [3.63, 3.8) is 0 Å². The second kappa shape index (κ2) is 7.33. The standard InChI is InChI=1S/C21H23N5OS/c1-4-15-9-11-16(12-10-15)13-23(2)14-25-21(28)26-18-8-6-5-7-17(18)19(27)24(3)20(26)22-25/h5-12H,4,13-14H2,1-3H3. The Kier molecular flexibility index (Phi) is 4.87. The zero-order valence-corrected chi connectivity index (χ0v) is 17.1. The fraction of sp³-hybridized carbons (Fsp3) is 0.286. The molecule has 0 spiro atoms. The van der Waals surface area contributed by atoms with Gasteiger partial charge in [-0.05, 0) is 48.9 Å². The third kappa shape index (κ3) is 3.16. The Morgan fingerprint density at radius 3 is 2.46 bits per heavy atom. The van der Waals surface area contributed by atoms with E-state index in [-0.39, 0.29) is 5.56 Å². The number of aryl methyl sites for hydroxylation is 2. The van der Waals surface area contributed by atoms with Crippen LogP contribution in [0.1, 0.15) is 18.1 Å². The van der Waals surface area contributed by atoms with Crippen LogP contribution in [-0.2, 0) is 26.7 Å². The summed E-state index contributed by atoms with van der Waals surface area (Å²) in [4.78, 5) is 14.8. The van der Waals surface area contributed by atoms with Gasteiger partial charge in [-0.1, -0.05) is 43.3 Å². The molecule has 0 unspecified atom stereocenters. The van der Waals surface area contributed by atoms with Crippen LogP contribution in [-0.4, -0.2) is 30.7 Å². The van der Waals surface area contributed by atoms with E-state index in [2.05, 4.69) is 41.2 Å². The lowest BCUT2D eigenvalue weighted by Gasteiger charge is -2.16. The van der Waals surface area contributed by atoms with Gasteiger partial charge in [-0.3, -0.25) is 18.7 Å². The highest BCUT2D eigenvalue weighted by Crippen LogP contribution is 2.14. The SMILES string of the molecule is CCc1ccc(CN(C)Cn2nc3n(C)c(=O)c4ccccc4n3c2=S)cc1. The van der Waals surface area contributed by atoms with E-state index in [0.717, 1.165) is 18.5 Å². The molecule has 4 rings (SSSR count). The van der Waals surface area contributed by atoms with Crippen LogP contribution in [0.3, 0.4) is 0 Å². The predicted molar refractivity (Wildman–Crippen MR) is 114 cm³/mol. The molecule has 144 valence electrons. The molecule has 0 fully saturated rings. The van der Waals surface area contributed by atoms with E-state index in [1.54, 1.807) is 16.3 Å². The Hall–Kier alpha value is -2.77. The number of para-hydroxylation sites is 1. The highest BCUT2D eigenvalue weighted by molar-refractivity contribution is 7.71. The monoisotopic (exact) mass is 393 g/mol. The normalized spacial score (nSPS) is 11.7. The van der Waals surface area contributed by atoms with E-state index in [0.29, 0.717) is 22.6 Å². The molecule has 7 heteroatoms. The number of benzene rings is 2. The first-order chi connectivity index (χ1) is 13.5. The number of nitrogens with zero attached hydrogens (tertiary/aromatic N) is 5. The molecule has 0 N–H and O–H groups in total. The average molecular weight is 394 g/mol. The summed E-state index contributed by atoms with van der Waals surface area (Å²) in [5, 5.41) is 5.27. The van der Waals surface area contributed by atoms with Crippen molar-refractivity contribution in [2.45, 2.75) is 26.6 Å². The maximum Gasteiger partial charge on any atom is 0.262 e. The van der Waals surface area contributed by atoms with Crippen LogP contribution in [0.2, 0.25) is 0 Å². The largest absolute Gasteiger partial charge is 0.283 e. The smallest absolute Gasteiger partial charge is 0.262 e. The van der Waals surface area contributed by atoms with Crippen LogP contribution in [0.4, 0.5) is 0 Å². The van der Waals surface area contributed by atoms with E-state index in [9.17, 15) is 4.79 Å². The van der Waals surface area contributed by atoms with Crippen molar-refractivity contribution >= 4 is 28.9 Å². The van der Waals surface area contributed by atoms with Gasteiger partial charge in [0.05, 0.1) is 17.6 Å². The first kappa shape index (κ1) is 18.6. The van der Waals surface area contributed by atoms with Crippen LogP contribution < -0.4 is 5.56 Å². The van der Waals surface area contributed by atoms with Gasteiger partial charge >= 0.3 is 0 Å². The van der Waals surface area contributed by atoms with Crippen LogP contribution in [0.25, 0.3) is 16.7 Å². The lowest BCUT2D eigenvalue weighted by Crippen LogP contribution is -2.22. The molecule has 2 aromatic heterocycles. The third-order valence-electron chi connectivity index (χ3n) is 5.06. The van der Waals surface area contributed by atoms with Crippen molar-refractivity contribution in [1.29, 1.82) is 0 Å². The predicted octanol–water partition coefficient (Wildman–Crippen LogP) is 3.37. The van der Waals surface area contributed by atoms with E-state index in [1.165, 1.54) is 11.1 Å². The van der Waals surface area contributed by atoms with Crippen molar-refractivity contribution in [3.05, 3.63) is 74.8 Å². The van der Waals surface area contributed by atoms with Gasteiger partial charge in [0.25, 0.3) is 5.56 Å². The molecule has 0 aliphatic rings. The fourth-order valence-electron chi connectivity index (χ4n) is 3.51. The zero-order chi connectivity index (χ0) is 19.8. The second-order valence-corrected chi connectivity index (χ2v) is 7.49. The molecule has 0 amide bonds. The summed E-state index contributed by atoms with van der Waals surface area (Å²) in [5.41, 5.74) is 3.30. The Morgan fingerprint density at radius 1 is 1.07 bits per heavy atom. The minimum atomic E-state index is -0.0698. The van der Waals surface area contributed by atoms with Gasteiger partial charge in [-0.25, -0.2) is 4.68 Å². The summed E-state index contributed by atoms with van der Waals surface area (Å²) in [6.45, 7) is 3.49. The molecular formula is C21H23N5OS. The molecule has 0 atom stereocenters. The van der Waals surface area contributed by atoms with Crippen molar-refractivity contribution in [2.75, 3.05) is 7.05 Å². The van der Waals surface area contributed by atoms with Crippen molar-refractivity contribution < 1.29 is 0 Å². The number of aromatic nitrogens is 4. The number of fused-ring (bicyclic) bond motifs is 3. The molecule has 0 saturated carbocycles. The summed E-state index contributed by atoms with van der Waals surface area (Å²) >= 11 is 5.69. The number of rotatable bonds is 5. The van der Waals surface area contributed by atoms with Gasteiger partial charge in [-0.15, -0.1) is 5.10 Å². The maximum absolute atomic E-state index is 12.6. The summed E-state index contributed by atoms with van der Waals surface area (Å²) in [6.07, 6.45) is 1.04. The molecule has 0 aliphatic heterocycles. The summed E-state index contributed by atoms with van der Waals surface area (Å²) < 4.78 is 5.78. The molecule has 6 nitrogen and oxygen atoms in total. The van der Waals surface area contributed by atoms with Gasteiger partial charge in [0.1, 0.15) is 0 Å². The molecule has 4 aromatic rings. The molecule has 0 saturated heterocycles. The number of hydrogen-bond donors (Lipinski definition) is 0. The maximum atomic E-state index is 12.6. The van der Waals surface area contributed by atoms with Gasteiger partial charge in [0.15, 0.2) is 0 Å². The molecule has 0 bridgehead atoms. The lowest BCUT2D eigenvalue weighted by molar-refractivity contribution is 0.244. The van der Waals surface area contributed by atoms with Crippen molar-refractivity contribution in [2.24, 2.45) is 7.05 Å². The molecule has 0 radical (unpaired) electrons. The summed E-state index contributed by atoms with van der Waals surface area (Å²) in [6, 6.07) is 16.2. The minimum Gasteiger partial charge on any atom is -0.283 e. The van der Waals surface area contributed by atoms with E-state index >= 15 is 0 Å². The summed E-state index contributed by atoms with van der Waals surface area (Å²) in [7, 11) is 3.77. The zero-order valence-electron chi connectivity index (χ0n) is 16.3. The van der Waals surface area contributed by atoms with Gasteiger partial charge in [-0.2, -0.15) is 0 Å². The van der Waals surface area contributed by atoms with Crippen molar-refractivity contribution in [3.8, 4) is 0 Å². The van der Waals surface area contributed by atoms with Crippen LogP contribution in [0.5, 0.6) is 0 Å². The molecule has 2 heterocycles. The highest BCUT2D eigenvalue weighted by atomic mass is 32.1. The second-order valence-electron chi connectivity index (χ2n) is 7.12. The average Bonchev–Trinajstić information content (AvgIpc) is 3.03. The van der Waals surface area contributed by atoms with E-state index in [4.69, 9.17) is 12.2 Å². The highest BCUT2D eigenvalue weighted by Gasteiger charge is 2.14. The van der Waals surface area contributed by atoms with Gasteiger partial charge < -0.3 is 0 Å². The summed E-state index contributed by atoms with van der Waals surface area (Å²) in [5.74, 6) is 0.550. The van der Waals surface area contributed by atoms with Crippen LogP contribution in [0, 0.1) is 4.77 Å². The van der Waals surface area contributed by atoms with E-state index < -0.39 is 0 Å². The Labute approximate surface area is 168 Å². The molecule has 0 aliphatic carbocycles. The Bertz CT molecular complexity index is 1270. The molecular weight excluding hydrogens is 370 g/mol. The van der Waals surface area contributed by atoms with Gasteiger partial charge in [0, 0.05) is 13.6 Å². The first-order valence-electron chi connectivity index (χ1n) is 9.33. The van der Waals surface area contributed by atoms with Crippen molar-refractivity contribution in [1.82, 2.24) is 23.6 Å². The minimum absolute atomic E-state index is 0.0698. The quantitative estimate of drug-likeness (QED) is 0.488. The number of hydrogen-bond acceptors (Lipinski definition) is 4. The first-order valence-corrected chi connectivity index (χ1v) is 9.74. The Balaban J connectivity index is 1.70. The molecule has 2 aromatic carbocycles. The Morgan fingerprint density at radius 2 is 1.75 bits per heavy atom. The van der Waals surface area contributed by atoms with Crippen LogP contribution in [0.15, 0.2) is 53.3 Å². The van der Waals surface area contributed by atoms with Crippen LogP contribution >= 0.6 is 12.2 Å².